The van der Waals surface area contributed by atoms with E-state index in [0.717, 1.165) is 30.9 Å². The van der Waals surface area contributed by atoms with Crippen molar-refractivity contribution in [1.82, 2.24) is 19.6 Å². The number of rotatable bonds is 4. The molecule has 4 rings (SSSR count). The SMILES string of the molecule is Cc1c(Br)c(-c2cc(C(=O)O)c(Cl)cc2F)nn1C.Cn1nc(-c2cc(C(=O)O)c(Cl)cc2F)cc1C(F)(F)F. The molecule has 2 heterocycles. The van der Waals surface area contributed by atoms with Crippen molar-refractivity contribution in [3.63, 3.8) is 0 Å². The molecule has 0 saturated carbocycles. The average Bonchev–Trinajstić information content (AvgIpc) is 3.34. The molecule has 0 amide bonds. The van der Waals surface area contributed by atoms with Crippen LogP contribution in [0.1, 0.15) is 32.1 Å². The first-order valence-corrected chi connectivity index (χ1v) is 12.2. The van der Waals surface area contributed by atoms with E-state index in [1.807, 2.05) is 6.92 Å². The predicted octanol–water partition coefficient (Wildman–Crippen LogP) is 7.25. The maximum Gasteiger partial charge on any atom is 0.433 e. The van der Waals surface area contributed by atoms with Gasteiger partial charge in [-0.05, 0) is 53.2 Å². The Balaban J connectivity index is 0.000000222. The average molecular weight is 670 g/mol. The summed E-state index contributed by atoms with van der Waals surface area (Å²) in [5.41, 5.74) is -1.12. The number of aryl methyl sites for hydroxylation is 2. The van der Waals surface area contributed by atoms with Crippen LogP contribution in [0, 0.1) is 18.6 Å². The van der Waals surface area contributed by atoms with Gasteiger partial charge < -0.3 is 10.2 Å². The van der Waals surface area contributed by atoms with Crippen molar-refractivity contribution in [2.24, 2.45) is 14.1 Å². The Bertz CT molecular complexity index is 1650. The van der Waals surface area contributed by atoms with Gasteiger partial charge in [-0.15, -0.1) is 0 Å². The van der Waals surface area contributed by atoms with Crippen molar-refractivity contribution in [2.45, 2.75) is 13.1 Å². The van der Waals surface area contributed by atoms with Gasteiger partial charge in [0, 0.05) is 30.9 Å². The van der Waals surface area contributed by atoms with E-state index in [1.165, 1.54) is 6.07 Å². The van der Waals surface area contributed by atoms with Gasteiger partial charge in [0.2, 0.25) is 0 Å². The van der Waals surface area contributed by atoms with E-state index in [0.29, 0.717) is 20.9 Å². The summed E-state index contributed by atoms with van der Waals surface area (Å²) >= 11 is 14.6. The molecule has 0 aliphatic heterocycles. The molecule has 0 aliphatic carbocycles. The third-order valence-electron chi connectivity index (χ3n) is 5.54. The highest BCUT2D eigenvalue weighted by Gasteiger charge is 2.35. The number of carboxylic acids is 2. The van der Waals surface area contributed by atoms with Crippen molar-refractivity contribution in [3.8, 4) is 22.5 Å². The van der Waals surface area contributed by atoms with Crippen LogP contribution in [0.3, 0.4) is 0 Å². The maximum absolute atomic E-state index is 14.0. The van der Waals surface area contributed by atoms with Gasteiger partial charge in [0.25, 0.3) is 0 Å². The highest BCUT2D eigenvalue weighted by Crippen LogP contribution is 2.35. The van der Waals surface area contributed by atoms with Gasteiger partial charge in [-0.25, -0.2) is 18.4 Å². The van der Waals surface area contributed by atoms with Crippen LogP contribution in [-0.4, -0.2) is 41.7 Å². The number of carboxylic acid groups (broad SMARTS) is 2. The van der Waals surface area contributed by atoms with Crippen molar-refractivity contribution >= 4 is 51.1 Å². The standard InChI is InChI=1S/C12H9BrClFN2O2.C12H7ClF4N2O2/c1-5-10(13)11(16-17(5)2)7-3-6(12(18)19)8(14)4-9(7)15;1-19-10(12(15,16)17)4-9(18-19)6-2-5(11(20)21)7(13)3-8(6)14/h3-4H,1-2H3,(H,18,19);2-4H,1H3,(H,20,21). The first-order chi connectivity index (χ1) is 18.4. The molecule has 16 heteroatoms. The fourth-order valence-corrected chi connectivity index (χ4v) is 4.43. The zero-order valence-corrected chi connectivity index (χ0v) is 23.5. The molecule has 0 radical (unpaired) electrons. The maximum atomic E-state index is 14.0. The third kappa shape index (κ3) is 6.29. The fourth-order valence-electron chi connectivity index (χ4n) is 3.42. The lowest BCUT2D eigenvalue weighted by molar-refractivity contribution is -0.143. The Morgan fingerprint density at radius 1 is 0.850 bits per heavy atom. The number of alkyl halides is 3. The van der Waals surface area contributed by atoms with E-state index in [2.05, 4.69) is 26.1 Å². The van der Waals surface area contributed by atoms with E-state index in [9.17, 15) is 31.5 Å². The monoisotopic (exact) mass is 668 g/mol. The highest BCUT2D eigenvalue weighted by molar-refractivity contribution is 9.10. The first-order valence-electron chi connectivity index (χ1n) is 10.7. The molecule has 8 nitrogen and oxygen atoms in total. The molecule has 212 valence electrons. The molecule has 0 atom stereocenters. The number of hydrogen-bond acceptors (Lipinski definition) is 4. The van der Waals surface area contributed by atoms with Gasteiger partial charge >= 0.3 is 18.1 Å². The van der Waals surface area contributed by atoms with E-state index in [-0.39, 0.29) is 32.4 Å². The Labute approximate surface area is 240 Å². The summed E-state index contributed by atoms with van der Waals surface area (Å²) in [5, 5.41) is 25.1. The molecule has 0 fully saturated rings. The van der Waals surface area contributed by atoms with Gasteiger partial charge in [-0.1, -0.05) is 23.2 Å². The molecular formula is C24H16BrCl2F5N4O4. The molecule has 4 aromatic rings. The van der Waals surface area contributed by atoms with Crippen LogP contribution >= 0.6 is 39.1 Å². The molecule has 2 aromatic carbocycles. The van der Waals surface area contributed by atoms with Gasteiger partial charge in [-0.3, -0.25) is 9.36 Å². The lowest BCUT2D eigenvalue weighted by atomic mass is 10.1. The minimum Gasteiger partial charge on any atom is -0.478 e. The minimum absolute atomic E-state index is 0.0948. The topological polar surface area (TPSA) is 110 Å². The summed E-state index contributed by atoms with van der Waals surface area (Å²) < 4.78 is 68.5. The Hall–Kier alpha value is -3.49. The Morgan fingerprint density at radius 3 is 1.73 bits per heavy atom. The summed E-state index contributed by atoms with van der Waals surface area (Å²) in [5.74, 6) is -4.21. The third-order valence-corrected chi connectivity index (χ3v) is 7.11. The summed E-state index contributed by atoms with van der Waals surface area (Å²) in [4.78, 5) is 22.0. The van der Waals surface area contributed by atoms with E-state index >= 15 is 0 Å². The number of halogens is 8. The van der Waals surface area contributed by atoms with Gasteiger partial charge in [0.1, 0.15) is 23.0 Å². The lowest BCUT2D eigenvalue weighted by Crippen LogP contribution is -2.11. The number of aromatic carboxylic acids is 2. The van der Waals surface area contributed by atoms with Gasteiger partial charge in [-0.2, -0.15) is 23.4 Å². The normalized spacial score (nSPS) is 11.3. The zero-order valence-electron chi connectivity index (χ0n) is 20.4. The number of hydrogen-bond donors (Lipinski definition) is 2. The van der Waals surface area contributed by atoms with Crippen LogP contribution in [0.2, 0.25) is 10.0 Å². The van der Waals surface area contributed by atoms with E-state index in [1.54, 1.807) is 11.7 Å². The van der Waals surface area contributed by atoms with E-state index < -0.39 is 41.0 Å². The van der Waals surface area contributed by atoms with E-state index in [4.69, 9.17) is 33.4 Å². The van der Waals surface area contributed by atoms with Crippen molar-refractivity contribution in [3.05, 3.63) is 79.0 Å². The lowest BCUT2D eigenvalue weighted by Gasteiger charge is -2.05. The number of benzene rings is 2. The van der Waals surface area contributed by atoms with Crippen molar-refractivity contribution < 1.29 is 41.8 Å². The molecule has 40 heavy (non-hydrogen) atoms. The molecular weight excluding hydrogens is 654 g/mol. The Morgan fingerprint density at radius 2 is 1.32 bits per heavy atom. The second-order valence-corrected chi connectivity index (χ2v) is 9.75. The number of aromatic nitrogens is 4. The van der Waals surface area contributed by atoms with Crippen LogP contribution in [0.4, 0.5) is 22.0 Å². The van der Waals surface area contributed by atoms with Gasteiger partial charge in [0.15, 0.2) is 0 Å². The smallest absolute Gasteiger partial charge is 0.433 e. The number of carbonyl (C=O) groups is 2. The molecule has 0 saturated heterocycles. The molecule has 0 aliphatic rings. The van der Waals surface area contributed by atoms with Gasteiger partial charge in [0.05, 0.1) is 31.3 Å². The highest BCUT2D eigenvalue weighted by atomic mass is 79.9. The van der Waals surface area contributed by atoms with Crippen LogP contribution < -0.4 is 0 Å². The first kappa shape index (κ1) is 31.0. The number of nitrogens with zero attached hydrogens (tertiary/aromatic N) is 4. The minimum atomic E-state index is -4.65. The van der Waals surface area contributed by atoms with Crippen LogP contribution in [0.5, 0.6) is 0 Å². The zero-order chi connectivity index (χ0) is 30.3. The summed E-state index contributed by atoms with van der Waals surface area (Å²) in [6, 6.07) is 4.38. The van der Waals surface area contributed by atoms with Crippen LogP contribution in [0.15, 0.2) is 34.8 Å². The summed E-state index contributed by atoms with van der Waals surface area (Å²) in [6.07, 6.45) is -4.65. The quantitative estimate of drug-likeness (QED) is 0.222. The molecule has 0 bridgehead atoms. The summed E-state index contributed by atoms with van der Waals surface area (Å²) in [6.45, 7) is 1.81. The van der Waals surface area contributed by atoms with Crippen molar-refractivity contribution in [1.29, 1.82) is 0 Å². The largest absolute Gasteiger partial charge is 0.478 e. The Kier molecular flexibility index (Phi) is 8.96. The fraction of sp³-hybridized carbons (Fsp3) is 0.167. The summed E-state index contributed by atoms with van der Waals surface area (Å²) in [7, 11) is 2.77. The molecule has 0 unspecified atom stereocenters. The molecule has 2 aromatic heterocycles. The second kappa shape index (κ2) is 11.6. The molecule has 0 spiro atoms. The van der Waals surface area contributed by atoms with Crippen molar-refractivity contribution in [2.75, 3.05) is 0 Å². The predicted molar refractivity (Wildman–Crippen MR) is 139 cm³/mol. The second-order valence-electron chi connectivity index (χ2n) is 8.14. The van der Waals surface area contributed by atoms with Crippen LogP contribution in [-0.2, 0) is 20.3 Å². The van der Waals surface area contributed by atoms with Crippen LogP contribution in [0.25, 0.3) is 22.5 Å². The molecule has 2 N–H and O–H groups in total.